The molecule has 1 rings (SSSR count). The number of rotatable bonds is 4. The number of anilines is 1. The van der Waals surface area contributed by atoms with Crippen LogP contribution in [-0.4, -0.2) is 29.3 Å². The summed E-state index contributed by atoms with van der Waals surface area (Å²) in [6, 6.07) is 2.70. The highest BCUT2D eigenvalue weighted by Crippen LogP contribution is 2.21. The Morgan fingerprint density at radius 2 is 2.29 bits per heavy atom. The smallest absolute Gasteiger partial charge is 0.411 e. The summed E-state index contributed by atoms with van der Waals surface area (Å²) in [5.41, 5.74) is -0.717. The molecule has 8 heteroatoms. The second-order valence-electron chi connectivity index (χ2n) is 2.91. The zero-order valence-electron chi connectivity index (χ0n) is 8.55. The van der Waals surface area contributed by atoms with Crippen LogP contribution in [0.5, 0.6) is 0 Å². The van der Waals surface area contributed by atoms with E-state index in [1.165, 1.54) is 0 Å². The fraction of sp³-hybridized carbons (Fsp3) is 0.222. The summed E-state index contributed by atoms with van der Waals surface area (Å²) in [7, 11) is 0. The molecule has 0 radical (unpaired) electrons. The Morgan fingerprint density at radius 1 is 1.59 bits per heavy atom. The standard InChI is InChI=1S/C9H9FN2O5/c10-7-2-1-6(12(15)16)5-8(7)11-9(14)17-4-3-13/h1-2,5,13H,3-4H2,(H,11,14). The van der Waals surface area contributed by atoms with Gasteiger partial charge < -0.3 is 9.84 Å². The summed E-state index contributed by atoms with van der Waals surface area (Å²) < 4.78 is 17.6. The Hall–Kier alpha value is -2.22. The van der Waals surface area contributed by atoms with Gasteiger partial charge in [0.15, 0.2) is 0 Å². The number of non-ortho nitro benzene ring substituents is 1. The van der Waals surface area contributed by atoms with Gasteiger partial charge in [0.25, 0.3) is 5.69 Å². The Morgan fingerprint density at radius 3 is 2.88 bits per heavy atom. The normalized spacial score (nSPS) is 9.76. The van der Waals surface area contributed by atoms with Gasteiger partial charge in [0, 0.05) is 12.1 Å². The molecule has 0 aromatic heterocycles. The van der Waals surface area contributed by atoms with E-state index < -0.39 is 16.8 Å². The number of nitrogens with one attached hydrogen (secondary N) is 1. The van der Waals surface area contributed by atoms with Crippen molar-refractivity contribution in [2.75, 3.05) is 18.5 Å². The first kappa shape index (κ1) is 12.8. The summed E-state index contributed by atoms with van der Waals surface area (Å²) in [6.07, 6.45) is -1.00. The zero-order chi connectivity index (χ0) is 12.8. The van der Waals surface area contributed by atoms with Crippen LogP contribution in [0, 0.1) is 15.9 Å². The molecule has 0 heterocycles. The summed E-state index contributed by atoms with van der Waals surface area (Å²) in [5.74, 6) is -0.823. The van der Waals surface area contributed by atoms with Crippen LogP contribution in [0.3, 0.4) is 0 Å². The number of ether oxygens (including phenoxy) is 1. The largest absolute Gasteiger partial charge is 0.447 e. The van der Waals surface area contributed by atoms with Gasteiger partial charge in [-0.2, -0.15) is 0 Å². The second-order valence-corrected chi connectivity index (χ2v) is 2.91. The molecule has 0 fully saturated rings. The van der Waals surface area contributed by atoms with E-state index in [1.54, 1.807) is 0 Å². The number of amides is 1. The molecular weight excluding hydrogens is 235 g/mol. The molecule has 1 aromatic carbocycles. The number of carbonyl (C=O) groups excluding carboxylic acids is 1. The van der Waals surface area contributed by atoms with Crippen LogP contribution in [0.2, 0.25) is 0 Å². The third-order valence-electron chi connectivity index (χ3n) is 1.72. The van der Waals surface area contributed by atoms with E-state index in [0.29, 0.717) is 0 Å². The van der Waals surface area contributed by atoms with Crippen molar-refractivity contribution in [3.63, 3.8) is 0 Å². The monoisotopic (exact) mass is 244 g/mol. The van der Waals surface area contributed by atoms with E-state index in [9.17, 15) is 19.3 Å². The molecule has 17 heavy (non-hydrogen) atoms. The van der Waals surface area contributed by atoms with Crippen molar-refractivity contribution in [3.05, 3.63) is 34.1 Å². The lowest BCUT2D eigenvalue weighted by Gasteiger charge is -2.06. The molecule has 2 N–H and O–H groups in total. The van der Waals surface area contributed by atoms with E-state index in [2.05, 4.69) is 4.74 Å². The minimum atomic E-state index is -1.00. The molecule has 0 unspecified atom stereocenters. The molecule has 0 bridgehead atoms. The second kappa shape index (κ2) is 5.75. The number of hydrogen-bond acceptors (Lipinski definition) is 5. The highest BCUT2D eigenvalue weighted by molar-refractivity contribution is 5.85. The molecule has 0 saturated heterocycles. The third-order valence-corrected chi connectivity index (χ3v) is 1.72. The van der Waals surface area contributed by atoms with Gasteiger partial charge in [-0.3, -0.25) is 15.4 Å². The number of nitrogens with zero attached hydrogens (tertiary/aromatic N) is 1. The van der Waals surface area contributed by atoms with Gasteiger partial charge in [-0.15, -0.1) is 0 Å². The van der Waals surface area contributed by atoms with Crippen LogP contribution in [-0.2, 0) is 4.74 Å². The van der Waals surface area contributed by atoms with Gasteiger partial charge in [0.2, 0.25) is 0 Å². The number of hydrogen-bond donors (Lipinski definition) is 2. The molecule has 1 aromatic rings. The Kier molecular flexibility index (Phi) is 4.35. The minimum Gasteiger partial charge on any atom is -0.447 e. The lowest BCUT2D eigenvalue weighted by Crippen LogP contribution is -2.16. The fourth-order valence-corrected chi connectivity index (χ4v) is 1.01. The molecule has 0 aliphatic rings. The number of nitro benzene ring substituents is 1. The zero-order valence-corrected chi connectivity index (χ0v) is 8.55. The van der Waals surface area contributed by atoms with Crippen molar-refractivity contribution in [1.29, 1.82) is 0 Å². The Balaban J connectivity index is 2.79. The average molecular weight is 244 g/mol. The van der Waals surface area contributed by atoms with Crippen molar-refractivity contribution in [2.45, 2.75) is 0 Å². The number of aliphatic hydroxyl groups excluding tert-OH is 1. The van der Waals surface area contributed by atoms with E-state index >= 15 is 0 Å². The van der Waals surface area contributed by atoms with Crippen molar-refractivity contribution < 1.29 is 24.0 Å². The van der Waals surface area contributed by atoms with Crippen LogP contribution in [0.25, 0.3) is 0 Å². The number of benzene rings is 1. The number of carbonyl (C=O) groups is 1. The van der Waals surface area contributed by atoms with E-state index in [-0.39, 0.29) is 24.6 Å². The molecule has 7 nitrogen and oxygen atoms in total. The minimum absolute atomic E-state index is 0.248. The van der Waals surface area contributed by atoms with Gasteiger partial charge >= 0.3 is 6.09 Å². The van der Waals surface area contributed by atoms with Crippen molar-refractivity contribution in [1.82, 2.24) is 0 Å². The lowest BCUT2D eigenvalue weighted by atomic mass is 10.2. The highest BCUT2D eigenvalue weighted by Gasteiger charge is 2.13. The molecule has 0 atom stereocenters. The van der Waals surface area contributed by atoms with Gasteiger partial charge in [-0.1, -0.05) is 0 Å². The fourth-order valence-electron chi connectivity index (χ4n) is 1.01. The van der Waals surface area contributed by atoms with Gasteiger partial charge in [-0.25, -0.2) is 9.18 Å². The van der Waals surface area contributed by atoms with Gasteiger partial charge in [0.05, 0.1) is 17.2 Å². The van der Waals surface area contributed by atoms with Crippen molar-refractivity contribution in [2.24, 2.45) is 0 Å². The summed E-state index contributed by atoms with van der Waals surface area (Å²) in [4.78, 5) is 20.7. The van der Waals surface area contributed by atoms with Gasteiger partial charge in [-0.05, 0) is 6.07 Å². The lowest BCUT2D eigenvalue weighted by molar-refractivity contribution is -0.384. The van der Waals surface area contributed by atoms with E-state index in [1.807, 2.05) is 5.32 Å². The van der Waals surface area contributed by atoms with Crippen LogP contribution in [0.1, 0.15) is 0 Å². The summed E-state index contributed by atoms with van der Waals surface area (Å²) >= 11 is 0. The maximum absolute atomic E-state index is 13.2. The van der Waals surface area contributed by atoms with Crippen LogP contribution < -0.4 is 5.32 Å². The topological polar surface area (TPSA) is 102 Å². The van der Waals surface area contributed by atoms with Crippen LogP contribution in [0.4, 0.5) is 20.6 Å². The maximum Gasteiger partial charge on any atom is 0.411 e. The SMILES string of the molecule is O=C(Nc1cc([N+](=O)[O-])ccc1F)OCCO. The first-order valence-corrected chi connectivity index (χ1v) is 4.53. The Labute approximate surface area is 95.0 Å². The highest BCUT2D eigenvalue weighted by atomic mass is 19.1. The van der Waals surface area contributed by atoms with Crippen molar-refractivity contribution >= 4 is 17.5 Å². The molecule has 1 amide bonds. The molecule has 0 aliphatic heterocycles. The van der Waals surface area contributed by atoms with Crippen LogP contribution >= 0.6 is 0 Å². The molecule has 0 spiro atoms. The van der Waals surface area contributed by atoms with E-state index in [0.717, 1.165) is 18.2 Å². The average Bonchev–Trinajstić information content (AvgIpc) is 2.29. The van der Waals surface area contributed by atoms with Gasteiger partial charge in [0.1, 0.15) is 12.4 Å². The molecule has 92 valence electrons. The Bertz CT molecular complexity index is 437. The number of nitro groups is 1. The quantitative estimate of drug-likeness (QED) is 0.613. The summed E-state index contributed by atoms with van der Waals surface area (Å²) in [6.45, 7) is -0.618. The molecular formula is C9H9FN2O5. The van der Waals surface area contributed by atoms with Crippen LogP contribution in [0.15, 0.2) is 18.2 Å². The predicted octanol–water partition coefficient (Wildman–Crippen LogP) is 1.27. The first-order chi connectivity index (χ1) is 8.04. The summed E-state index contributed by atoms with van der Waals surface area (Å²) in [5, 5.41) is 20.8. The maximum atomic E-state index is 13.2. The number of halogens is 1. The van der Waals surface area contributed by atoms with E-state index in [4.69, 9.17) is 5.11 Å². The first-order valence-electron chi connectivity index (χ1n) is 4.53. The predicted molar refractivity (Wildman–Crippen MR) is 55.1 cm³/mol. The molecule has 0 aliphatic carbocycles. The third kappa shape index (κ3) is 3.68. The number of aliphatic hydroxyl groups is 1. The molecule has 0 saturated carbocycles. The van der Waals surface area contributed by atoms with Crippen molar-refractivity contribution in [3.8, 4) is 0 Å².